The molecule has 1 atom stereocenters. The number of carboxylic acid groups (broad SMARTS) is 1. The van der Waals surface area contributed by atoms with Gasteiger partial charge in [-0.1, -0.05) is 60.7 Å². The summed E-state index contributed by atoms with van der Waals surface area (Å²) in [4.78, 5) is 23.3. The summed E-state index contributed by atoms with van der Waals surface area (Å²) in [7, 11) is 0. The Labute approximate surface area is 152 Å². The number of carbonyl (C=O) groups excluding carboxylic acids is 1. The Hall–Kier alpha value is -2.86. The third kappa shape index (κ3) is 4.83. The van der Waals surface area contributed by atoms with Gasteiger partial charge in [0.2, 0.25) is 0 Å². The van der Waals surface area contributed by atoms with Crippen molar-refractivity contribution in [3.63, 3.8) is 0 Å². The number of rotatable bonds is 7. The molecule has 0 bridgehead atoms. The third-order valence-electron chi connectivity index (χ3n) is 4.46. The number of hydrogen-bond acceptors (Lipinski definition) is 4. The van der Waals surface area contributed by atoms with Crippen molar-refractivity contribution in [2.75, 3.05) is 0 Å². The first-order chi connectivity index (χ1) is 12.6. The molecule has 6 nitrogen and oxygen atoms in total. The molecule has 3 N–H and O–H groups in total. The van der Waals surface area contributed by atoms with Gasteiger partial charge in [0, 0.05) is 12.1 Å². The number of nitrogens with one attached hydrogen (secondary N) is 2. The van der Waals surface area contributed by atoms with Gasteiger partial charge >= 0.3 is 12.1 Å². The summed E-state index contributed by atoms with van der Waals surface area (Å²) in [6.07, 6.45) is 0.906. The lowest BCUT2D eigenvalue weighted by molar-refractivity contribution is -0.140. The fraction of sp³-hybridized carbons (Fsp3) is 0.300. The molecule has 1 amide bonds. The number of amides is 1. The minimum absolute atomic E-state index is 0.000918. The Morgan fingerprint density at radius 2 is 1.62 bits per heavy atom. The normalized spacial score (nSPS) is 19.8. The van der Waals surface area contributed by atoms with Gasteiger partial charge in [-0.05, 0) is 24.0 Å². The standard InChI is InChI=1S/C20H22N2O4/c23-19(24)18(15-9-5-2-6-10-15)21-16-11-17(12-16)22-20(25)26-13-14-7-3-1-4-8-14/h1-10,16-18,21H,11-13H2,(H,22,25)(H,23,24). The van der Waals surface area contributed by atoms with Gasteiger partial charge in [0.25, 0.3) is 0 Å². The van der Waals surface area contributed by atoms with Crippen LogP contribution in [0.15, 0.2) is 60.7 Å². The number of hydrogen-bond donors (Lipinski definition) is 3. The zero-order chi connectivity index (χ0) is 18.4. The van der Waals surface area contributed by atoms with E-state index in [1.165, 1.54) is 0 Å². The average Bonchev–Trinajstić information content (AvgIpc) is 2.63. The number of benzene rings is 2. The summed E-state index contributed by atoms with van der Waals surface area (Å²) < 4.78 is 5.19. The second-order valence-corrected chi connectivity index (χ2v) is 6.42. The summed E-state index contributed by atoms with van der Waals surface area (Å²) in [6.45, 7) is 0.232. The number of aliphatic carboxylic acids is 1. The Kier molecular flexibility index (Phi) is 5.86. The van der Waals surface area contributed by atoms with Crippen molar-refractivity contribution in [2.45, 2.75) is 37.6 Å². The van der Waals surface area contributed by atoms with E-state index in [-0.39, 0.29) is 18.7 Å². The van der Waals surface area contributed by atoms with E-state index in [9.17, 15) is 14.7 Å². The molecule has 0 aromatic heterocycles. The first-order valence-corrected chi connectivity index (χ1v) is 8.63. The van der Waals surface area contributed by atoms with Crippen molar-refractivity contribution >= 4 is 12.1 Å². The van der Waals surface area contributed by atoms with Gasteiger partial charge in [-0.3, -0.25) is 10.1 Å². The van der Waals surface area contributed by atoms with Gasteiger partial charge in [0.15, 0.2) is 0 Å². The van der Waals surface area contributed by atoms with Crippen LogP contribution < -0.4 is 10.6 Å². The van der Waals surface area contributed by atoms with E-state index in [4.69, 9.17) is 4.74 Å². The smallest absolute Gasteiger partial charge is 0.407 e. The fourth-order valence-corrected chi connectivity index (χ4v) is 2.99. The van der Waals surface area contributed by atoms with Crippen LogP contribution in [0.25, 0.3) is 0 Å². The van der Waals surface area contributed by atoms with Gasteiger partial charge in [-0.2, -0.15) is 0 Å². The lowest BCUT2D eigenvalue weighted by Gasteiger charge is -2.37. The molecular formula is C20H22N2O4. The van der Waals surface area contributed by atoms with Gasteiger partial charge < -0.3 is 15.2 Å². The topological polar surface area (TPSA) is 87.7 Å². The first-order valence-electron chi connectivity index (χ1n) is 8.63. The van der Waals surface area contributed by atoms with Gasteiger partial charge in [0.1, 0.15) is 12.6 Å². The van der Waals surface area contributed by atoms with Crippen LogP contribution in [0.2, 0.25) is 0 Å². The molecule has 0 aliphatic heterocycles. The molecule has 26 heavy (non-hydrogen) atoms. The number of carbonyl (C=O) groups is 2. The summed E-state index contributed by atoms with van der Waals surface area (Å²) in [5, 5.41) is 15.4. The second-order valence-electron chi connectivity index (χ2n) is 6.42. The highest BCUT2D eigenvalue weighted by atomic mass is 16.5. The lowest BCUT2D eigenvalue weighted by atomic mass is 9.86. The molecular weight excluding hydrogens is 332 g/mol. The van der Waals surface area contributed by atoms with E-state index < -0.39 is 18.1 Å². The summed E-state index contributed by atoms with van der Waals surface area (Å²) >= 11 is 0. The molecule has 0 spiro atoms. The Morgan fingerprint density at radius 3 is 2.23 bits per heavy atom. The largest absolute Gasteiger partial charge is 0.480 e. The molecule has 136 valence electrons. The summed E-state index contributed by atoms with van der Waals surface area (Å²) in [6, 6.07) is 17.9. The highest BCUT2D eigenvalue weighted by Crippen LogP contribution is 2.24. The highest BCUT2D eigenvalue weighted by Gasteiger charge is 2.34. The molecule has 2 aromatic carbocycles. The molecule has 6 heteroatoms. The molecule has 0 heterocycles. The van der Waals surface area contributed by atoms with Crippen LogP contribution >= 0.6 is 0 Å². The van der Waals surface area contributed by atoms with Crippen LogP contribution in [0.5, 0.6) is 0 Å². The molecule has 1 aliphatic carbocycles. The first kappa shape index (κ1) is 17.9. The molecule has 1 unspecified atom stereocenters. The van der Waals surface area contributed by atoms with E-state index in [1.807, 2.05) is 48.5 Å². The van der Waals surface area contributed by atoms with Gasteiger partial charge in [-0.15, -0.1) is 0 Å². The van der Waals surface area contributed by atoms with Crippen LogP contribution in [-0.4, -0.2) is 29.3 Å². The van der Waals surface area contributed by atoms with Crippen LogP contribution in [0.4, 0.5) is 4.79 Å². The SMILES string of the molecule is O=C(NC1CC(NC(C(=O)O)c2ccccc2)C1)OCc1ccccc1. The Morgan fingerprint density at radius 1 is 1.00 bits per heavy atom. The molecule has 0 radical (unpaired) electrons. The van der Waals surface area contributed by atoms with Crippen molar-refractivity contribution in [3.05, 3.63) is 71.8 Å². The van der Waals surface area contributed by atoms with E-state index in [1.54, 1.807) is 12.1 Å². The maximum Gasteiger partial charge on any atom is 0.407 e. The van der Waals surface area contributed by atoms with Crippen LogP contribution in [0.3, 0.4) is 0 Å². The quantitative estimate of drug-likeness (QED) is 0.712. The predicted molar refractivity (Wildman–Crippen MR) is 96.5 cm³/mol. The second kappa shape index (κ2) is 8.49. The number of carboxylic acids is 1. The van der Waals surface area contributed by atoms with Gasteiger partial charge in [0.05, 0.1) is 0 Å². The average molecular weight is 354 g/mol. The van der Waals surface area contributed by atoms with Crippen molar-refractivity contribution < 1.29 is 19.4 Å². The molecule has 2 aromatic rings. The molecule has 1 fully saturated rings. The molecule has 0 saturated heterocycles. The fourth-order valence-electron chi connectivity index (χ4n) is 2.99. The lowest BCUT2D eigenvalue weighted by Crippen LogP contribution is -2.54. The summed E-state index contributed by atoms with van der Waals surface area (Å²) in [5.41, 5.74) is 1.65. The maximum atomic E-state index is 11.8. The Bertz CT molecular complexity index is 730. The molecule has 1 aliphatic rings. The number of ether oxygens (including phenoxy) is 1. The summed E-state index contributed by atoms with van der Waals surface area (Å²) in [5.74, 6) is -0.908. The zero-order valence-electron chi connectivity index (χ0n) is 14.3. The van der Waals surface area contributed by atoms with E-state index in [0.29, 0.717) is 12.8 Å². The van der Waals surface area contributed by atoms with Gasteiger partial charge in [-0.25, -0.2) is 4.79 Å². The molecule has 3 rings (SSSR count). The van der Waals surface area contributed by atoms with Crippen LogP contribution in [0.1, 0.15) is 30.0 Å². The Balaban J connectivity index is 1.41. The number of alkyl carbamates (subject to hydrolysis) is 1. The van der Waals surface area contributed by atoms with E-state index in [0.717, 1.165) is 11.1 Å². The minimum Gasteiger partial charge on any atom is -0.480 e. The van der Waals surface area contributed by atoms with E-state index >= 15 is 0 Å². The van der Waals surface area contributed by atoms with Crippen LogP contribution in [0, 0.1) is 0 Å². The van der Waals surface area contributed by atoms with Crippen molar-refractivity contribution in [3.8, 4) is 0 Å². The van der Waals surface area contributed by atoms with E-state index in [2.05, 4.69) is 10.6 Å². The van der Waals surface area contributed by atoms with Crippen LogP contribution in [-0.2, 0) is 16.1 Å². The third-order valence-corrected chi connectivity index (χ3v) is 4.46. The maximum absolute atomic E-state index is 11.8. The van der Waals surface area contributed by atoms with Crippen molar-refractivity contribution in [1.29, 1.82) is 0 Å². The highest BCUT2D eigenvalue weighted by molar-refractivity contribution is 5.75. The zero-order valence-corrected chi connectivity index (χ0v) is 14.3. The predicted octanol–water partition coefficient (Wildman–Crippen LogP) is 2.86. The van der Waals surface area contributed by atoms with Crippen molar-refractivity contribution in [1.82, 2.24) is 10.6 Å². The van der Waals surface area contributed by atoms with Crippen molar-refractivity contribution in [2.24, 2.45) is 0 Å². The monoisotopic (exact) mass is 354 g/mol. The minimum atomic E-state index is -0.908. The molecule has 1 saturated carbocycles.